The maximum Gasteiger partial charge on any atom is 0.273 e. The summed E-state index contributed by atoms with van der Waals surface area (Å²) in [4.78, 5) is 24.6. The lowest BCUT2D eigenvalue weighted by atomic mass is 9.97. The number of nitrogens with one attached hydrogen (secondary N) is 1. The number of benzene rings is 1. The van der Waals surface area contributed by atoms with Crippen molar-refractivity contribution in [2.24, 2.45) is 5.92 Å². The number of aryl methyl sites for hydroxylation is 1. The van der Waals surface area contributed by atoms with Gasteiger partial charge in [0, 0.05) is 30.8 Å². The molecule has 1 amide bonds. The predicted molar refractivity (Wildman–Crippen MR) is 80.4 cm³/mol. The maximum absolute atomic E-state index is 12.4. The Labute approximate surface area is 124 Å². The minimum atomic E-state index is -0.446. The van der Waals surface area contributed by atoms with E-state index in [-0.39, 0.29) is 11.6 Å². The van der Waals surface area contributed by atoms with Crippen molar-refractivity contribution in [1.82, 2.24) is 10.2 Å². The number of carbonyl (C=O) groups excluding carboxylic acids is 1. The summed E-state index contributed by atoms with van der Waals surface area (Å²) in [6.07, 6.45) is 2.12. The third-order valence-corrected chi connectivity index (χ3v) is 3.99. The SMILES string of the molecule is Cc1ccc(C(=O)N(C)CC2CCNCC2)cc1[N+](=O)[O-]. The van der Waals surface area contributed by atoms with Gasteiger partial charge < -0.3 is 10.2 Å². The molecule has 1 N–H and O–H groups in total. The molecule has 1 heterocycles. The summed E-state index contributed by atoms with van der Waals surface area (Å²) >= 11 is 0. The molecule has 0 bridgehead atoms. The van der Waals surface area contributed by atoms with Crippen LogP contribution in [0, 0.1) is 23.0 Å². The van der Waals surface area contributed by atoms with E-state index in [4.69, 9.17) is 0 Å². The van der Waals surface area contributed by atoms with E-state index in [2.05, 4.69) is 5.32 Å². The highest BCUT2D eigenvalue weighted by Crippen LogP contribution is 2.21. The van der Waals surface area contributed by atoms with Crippen LogP contribution in [0.5, 0.6) is 0 Å². The van der Waals surface area contributed by atoms with Gasteiger partial charge in [0.15, 0.2) is 0 Å². The molecule has 6 heteroatoms. The first-order valence-corrected chi connectivity index (χ1v) is 7.20. The van der Waals surface area contributed by atoms with Gasteiger partial charge in [0.25, 0.3) is 11.6 Å². The van der Waals surface area contributed by atoms with Crippen LogP contribution in [0.15, 0.2) is 18.2 Å². The molecule has 0 atom stereocenters. The molecule has 0 aliphatic carbocycles. The second-order valence-electron chi connectivity index (χ2n) is 5.64. The van der Waals surface area contributed by atoms with Crippen molar-refractivity contribution in [1.29, 1.82) is 0 Å². The smallest absolute Gasteiger partial charge is 0.273 e. The molecule has 0 saturated carbocycles. The second-order valence-corrected chi connectivity index (χ2v) is 5.64. The Morgan fingerprint density at radius 3 is 2.71 bits per heavy atom. The summed E-state index contributed by atoms with van der Waals surface area (Å²) in [5, 5.41) is 14.3. The van der Waals surface area contributed by atoms with E-state index in [1.54, 1.807) is 31.0 Å². The lowest BCUT2D eigenvalue weighted by Gasteiger charge is -2.27. The van der Waals surface area contributed by atoms with E-state index in [0.717, 1.165) is 25.9 Å². The zero-order chi connectivity index (χ0) is 15.4. The molecule has 21 heavy (non-hydrogen) atoms. The number of nitro benzene ring substituents is 1. The number of hydrogen-bond donors (Lipinski definition) is 1. The van der Waals surface area contributed by atoms with Crippen LogP contribution in [0.25, 0.3) is 0 Å². The zero-order valence-corrected chi connectivity index (χ0v) is 12.5. The largest absolute Gasteiger partial charge is 0.341 e. The fraction of sp³-hybridized carbons (Fsp3) is 0.533. The second kappa shape index (κ2) is 6.67. The molecule has 6 nitrogen and oxygen atoms in total. The Hall–Kier alpha value is -1.95. The van der Waals surface area contributed by atoms with Gasteiger partial charge in [0.2, 0.25) is 0 Å². The van der Waals surface area contributed by atoms with Crippen molar-refractivity contribution in [2.45, 2.75) is 19.8 Å². The van der Waals surface area contributed by atoms with Gasteiger partial charge in [-0.1, -0.05) is 6.07 Å². The molecule has 1 aromatic rings. The number of piperidine rings is 1. The van der Waals surface area contributed by atoms with Crippen LogP contribution < -0.4 is 5.32 Å². The van der Waals surface area contributed by atoms with Crippen molar-refractivity contribution in [3.8, 4) is 0 Å². The van der Waals surface area contributed by atoms with Crippen molar-refractivity contribution < 1.29 is 9.72 Å². The van der Waals surface area contributed by atoms with Crippen molar-refractivity contribution in [3.63, 3.8) is 0 Å². The van der Waals surface area contributed by atoms with Gasteiger partial charge in [-0.3, -0.25) is 14.9 Å². The molecule has 2 rings (SSSR count). The summed E-state index contributed by atoms with van der Waals surface area (Å²) < 4.78 is 0. The van der Waals surface area contributed by atoms with Crippen molar-refractivity contribution in [2.75, 3.05) is 26.7 Å². The lowest BCUT2D eigenvalue weighted by molar-refractivity contribution is -0.385. The van der Waals surface area contributed by atoms with Crippen molar-refractivity contribution in [3.05, 3.63) is 39.4 Å². The van der Waals surface area contributed by atoms with Crippen molar-refractivity contribution >= 4 is 11.6 Å². The van der Waals surface area contributed by atoms with E-state index in [1.165, 1.54) is 6.07 Å². The summed E-state index contributed by atoms with van der Waals surface area (Å²) in [5.41, 5.74) is 0.942. The van der Waals surface area contributed by atoms with Gasteiger partial charge in [-0.25, -0.2) is 0 Å². The molecule has 0 unspecified atom stereocenters. The number of carbonyl (C=O) groups is 1. The Bertz CT molecular complexity index is 539. The van der Waals surface area contributed by atoms with Crippen LogP contribution in [0.4, 0.5) is 5.69 Å². The first-order valence-electron chi connectivity index (χ1n) is 7.20. The number of nitrogens with zero attached hydrogens (tertiary/aromatic N) is 2. The molecular formula is C15H21N3O3. The van der Waals surface area contributed by atoms with Crippen LogP contribution in [0.1, 0.15) is 28.8 Å². The van der Waals surface area contributed by atoms with E-state index in [1.807, 2.05) is 0 Å². The Kier molecular flexibility index (Phi) is 4.90. The summed E-state index contributed by atoms with van der Waals surface area (Å²) in [7, 11) is 1.76. The summed E-state index contributed by atoms with van der Waals surface area (Å²) in [6.45, 7) is 4.35. The molecule has 0 spiro atoms. The zero-order valence-electron chi connectivity index (χ0n) is 12.5. The number of rotatable bonds is 4. The summed E-state index contributed by atoms with van der Waals surface area (Å²) in [6, 6.07) is 4.66. The standard InChI is InChI=1S/C15H21N3O3/c1-11-3-4-13(9-14(11)18(20)21)15(19)17(2)10-12-5-7-16-8-6-12/h3-4,9,12,16H,5-8,10H2,1-2H3. The molecule has 1 aromatic carbocycles. The highest BCUT2D eigenvalue weighted by molar-refractivity contribution is 5.94. The Balaban J connectivity index is 2.08. The normalized spacial score (nSPS) is 15.7. The first-order chi connectivity index (χ1) is 9.99. The van der Waals surface area contributed by atoms with Crippen LogP contribution >= 0.6 is 0 Å². The molecular weight excluding hydrogens is 270 g/mol. The highest BCUT2D eigenvalue weighted by atomic mass is 16.6. The fourth-order valence-corrected chi connectivity index (χ4v) is 2.69. The number of hydrogen-bond acceptors (Lipinski definition) is 4. The van der Waals surface area contributed by atoms with E-state index in [9.17, 15) is 14.9 Å². The van der Waals surface area contributed by atoms with Gasteiger partial charge in [0.1, 0.15) is 0 Å². The molecule has 1 aliphatic rings. The first kappa shape index (κ1) is 15.4. The molecule has 0 aromatic heterocycles. The highest BCUT2D eigenvalue weighted by Gasteiger charge is 2.21. The van der Waals surface area contributed by atoms with Crippen LogP contribution in [0.2, 0.25) is 0 Å². The number of nitro groups is 1. The average Bonchev–Trinajstić information content (AvgIpc) is 2.47. The molecule has 1 fully saturated rings. The predicted octanol–water partition coefficient (Wildman–Crippen LogP) is 1.97. The minimum absolute atomic E-state index is 0.00360. The Morgan fingerprint density at radius 1 is 1.43 bits per heavy atom. The summed E-state index contributed by atoms with van der Waals surface area (Å²) in [5.74, 6) is 0.345. The minimum Gasteiger partial charge on any atom is -0.341 e. The molecule has 1 saturated heterocycles. The topological polar surface area (TPSA) is 75.5 Å². The molecule has 0 radical (unpaired) electrons. The van der Waals surface area contributed by atoms with Crippen LogP contribution in [0.3, 0.4) is 0 Å². The van der Waals surface area contributed by atoms with Crippen LogP contribution in [-0.4, -0.2) is 42.4 Å². The maximum atomic E-state index is 12.4. The van der Waals surface area contributed by atoms with E-state index in [0.29, 0.717) is 23.6 Å². The third-order valence-electron chi connectivity index (χ3n) is 3.99. The van der Waals surface area contributed by atoms with E-state index < -0.39 is 4.92 Å². The van der Waals surface area contributed by atoms with Crippen LogP contribution in [-0.2, 0) is 0 Å². The molecule has 1 aliphatic heterocycles. The van der Waals surface area contributed by atoms with Gasteiger partial charge in [-0.15, -0.1) is 0 Å². The number of amides is 1. The fourth-order valence-electron chi connectivity index (χ4n) is 2.69. The van der Waals surface area contributed by atoms with Gasteiger partial charge in [0.05, 0.1) is 4.92 Å². The molecule has 114 valence electrons. The monoisotopic (exact) mass is 291 g/mol. The van der Waals surface area contributed by atoms with Gasteiger partial charge in [-0.2, -0.15) is 0 Å². The lowest BCUT2D eigenvalue weighted by Crippen LogP contribution is -2.37. The van der Waals surface area contributed by atoms with Gasteiger partial charge in [-0.05, 0) is 44.8 Å². The third kappa shape index (κ3) is 3.78. The average molecular weight is 291 g/mol. The Morgan fingerprint density at radius 2 is 2.10 bits per heavy atom. The van der Waals surface area contributed by atoms with Gasteiger partial charge >= 0.3 is 0 Å². The van der Waals surface area contributed by atoms with E-state index >= 15 is 0 Å². The quantitative estimate of drug-likeness (QED) is 0.680.